The van der Waals surface area contributed by atoms with Gasteiger partial charge >= 0.3 is 0 Å². The third-order valence-electron chi connectivity index (χ3n) is 3.56. The molecule has 0 saturated heterocycles. The van der Waals surface area contributed by atoms with Crippen molar-refractivity contribution in [2.75, 3.05) is 13.2 Å². The van der Waals surface area contributed by atoms with Crippen molar-refractivity contribution in [2.45, 2.75) is 26.8 Å². The Labute approximate surface area is 135 Å². The number of ether oxygens (including phenoxy) is 1. The van der Waals surface area contributed by atoms with E-state index in [1.807, 2.05) is 32.0 Å². The predicted molar refractivity (Wildman–Crippen MR) is 89.7 cm³/mol. The number of carbonyl (C=O) groups excluding carboxylic acids is 1. The Kier molecular flexibility index (Phi) is 5.97. The monoisotopic (exact) mass is 314 g/mol. The number of para-hydroxylation sites is 1. The van der Waals surface area contributed by atoms with Crippen LogP contribution in [-0.4, -0.2) is 23.6 Å². The molecule has 1 amide bonds. The molecule has 1 N–H and O–H groups in total. The Bertz CT molecular complexity index is 702. The molecule has 0 bridgehead atoms. The molecule has 0 aliphatic heterocycles. The third kappa shape index (κ3) is 4.98. The number of hydrogen-bond donors (Lipinski definition) is 1. The lowest BCUT2D eigenvalue weighted by molar-refractivity contribution is -0.121. The molecule has 0 fully saturated rings. The molecule has 1 aromatic heterocycles. The van der Waals surface area contributed by atoms with E-state index in [1.165, 1.54) is 10.6 Å². The van der Waals surface area contributed by atoms with Gasteiger partial charge in [-0.15, -0.1) is 0 Å². The van der Waals surface area contributed by atoms with Gasteiger partial charge in [0.2, 0.25) is 5.91 Å². The fourth-order valence-corrected chi connectivity index (χ4v) is 2.33. The lowest BCUT2D eigenvalue weighted by atomic mass is 10.1. The number of amides is 1. The molecular weight excluding hydrogens is 292 g/mol. The second kappa shape index (κ2) is 8.17. The molecule has 0 aliphatic carbocycles. The Balaban J connectivity index is 1.71. The molecule has 122 valence electrons. The summed E-state index contributed by atoms with van der Waals surface area (Å²) in [5.41, 5.74) is 2.07. The summed E-state index contributed by atoms with van der Waals surface area (Å²) in [5, 5.41) is 2.80. The van der Waals surface area contributed by atoms with Gasteiger partial charge in [-0.2, -0.15) is 0 Å². The van der Waals surface area contributed by atoms with Crippen molar-refractivity contribution in [3.05, 3.63) is 64.1 Å². The highest BCUT2D eigenvalue weighted by Gasteiger charge is 2.05. The molecule has 0 unspecified atom stereocenters. The quantitative estimate of drug-likeness (QED) is 0.796. The fraction of sp³-hybridized carbons (Fsp3) is 0.333. The number of aromatic nitrogens is 1. The minimum absolute atomic E-state index is 0.0918. The van der Waals surface area contributed by atoms with E-state index in [1.54, 1.807) is 18.3 Å². The van der Waals surface area contributed by atoms with Gasteiger partial charge in [0.15, 0.2) is 0 Å². The zero-order valence-corrected chi connectivity index (χ0v) is 13.5. The van der Waals surface area contributed by atoms with E-state index >= 15 is 0 Å². The zero-order valence-electron chi connectivity index (χ0n) is 13.5. The number of rotatable bonds is 7. The molecule has 1 aromatic carbocycles. The lowest BCUT2D eigenvalue weighted by Gasteiger charge is -2.12. The van der Waals surface area contributed by atoms with Gasteiger partial charge in [-0.3, -0.25) is 9.59 Å². The minimum atomic E-state index is -0.0985. The third-order valence-corrected chi connectivity index (χ3v) is 3.56. The normalized spacial score (nSPS) is 10.3. The molecule has 5 heteroatoms. The summed E-state index contributed by atoms with van der Waals surface area (Å²) < 4.78 is 7.25. The van der Waals surface area contributed by atoms with Gasteiger partial charge < -0.3 is 14.6 Å². The highest BCUT2D eigenvalue weighted by molar-refractivity contribution is 5.75. The second-order valence-electron chi connectivity index (χ2n) is 5.40. The number of pyridine rings is 1. The van der Waals surface area contributed by atoms with Gasteiger partial charge in [0.25, 0.3) is 5.56 Å². The summed E-state index contributed by atoms with van der Waals surface area (Å²) in [5.74, 6) is 0.781. The van der Waals surface area contributed by atoms with E-state index < -0.39 is 0 Å². The summed E-state index contributed by atoms with van der Waals surface area (Å²) in [6.45, 7) is 5.24. The van der Waals surface area contributed by atoms with E-state index in [0.29, 0.717) is 19.7 Å². The zero-order chi connectivity index (χ0) is 16.7. The molecule has 2 aromatic rings. The summed E-state index contributed by atoms with van der Waals surface area (Å²) in [7, 11) is 0. The van der Waals surface area contributed by atoms with Crippen molar-refractivity contribution in [1.82, 2.24) is 9.88 Å². The van der Waals surface area contributed by atoms with E-state index in [4.69, 9.17) is 4.74 Å². The molecule has 23 heavy (non-hydrogen) atoms. The first-order chi connectivity index (χ1) is 11.1. The van der Waals surface area contributed by atoms with Crippen LogP contribution in [0.4, 0.5) is 0 Å². The van der Waals surface area contributed by atoms with E-state index in [9.17, 15) is 9.59 Å². The number of nitrogens with zero attached hydrogens (tertiary/aromatic N) is 1. The Morgan fingerprint density at radius 1 is 1.13 bits per heavy atom. The van der Waals surface area contributed by atoms with Crippen LogP contribution in [0.3, 0.4) is 0 Å². The summed E-state index contributed by atoms with van der Waals surface area (Å²) in [6.07, 6.45) is 1.95. The van der Waals surface area contributed by atoms with Crippen LogP contribution in [0.15, 0.2) is 47.4 Å². The standard InChI is InChI=1S/C18H22N2O3/c1-14-6-5-7-15(2)18(14)23-13-10-19-16(21)9-12-20-11-4-3-8-17(20)22/h3-8,11H,9-10,12-13H2,1-2H3,(H,19,21). The predicted octanol–water partition coefficient (Wildman–Crippen LogP) is 2.05. The maximum Gasteiger partial charge on any atom is 0.250 e. The van der Waals surface area contributed by atoms with Crippen LogP contribution in [0, 0.1) is 13.8 Å². The summed E-state index contributed by atoms with van der Waals surface area (Å²) in [6, 6.07) is 10.9. The summed E-state index contributed by atoms with van der Waals surface area (Å²) >= 11 is 0. The largest absolute Gasteiger partial charge is 0.491 e. The number of carbonyl (C=O) groups is 1. The minimum Gasteiger partial charge on any atom is -0.491 e. The van der Waals surface area contributed by atoms with Crippen molar-refractivity contribution in [2.24, 2.45) is 0 Å². The second-order valence-corrected chi connectivity index (χ2v) is 5.40. The first kappa shape index (κ1) is 16.8. The number of benzene rings is 1. The molecule has 5 nitrogen and oxygen atoms in total. The van der Waals surface area contributed by atoms with E-state index in [2.05, 4.69) is 5.32 Å². The Hall–Kier alpha value is -2.56. The van der Waals surface area contributed by atoms with Gasteiger partial charge in [0, 0.05) is 25.2 Å². The summed E-state index contributed by atoms with van der Waals surface area (Å²) in [4.78, 5) is 23.3. The maximum atomic E-state index is 11.8. The van der Waals surface area contributed by atoms with Crippen LogP contribution < -0.4 is 15.6 Å². The van der Waals surface area contributed by atoms with Crippen LogP contribution in [-0.2, 0) is 11.3 Å². The number of aryl methyl sites for hydroxylation is 3. The van der Waals surface area contributed by atoms with Gasteiger partial charge in [-0.05, 0) is 31.0 Å². The smallest absolute Gasteiger partial charge is 0.250 e. The molecule has 0 aliphatic rings. The molecule has 0 radical (unpaired) electrons. The van der Waals surface area contributed by atoms with Crippen LogP contribution in [0.5, 0.6) is 5.75 Å². The molecule has 0 atom stereocenters. The average Bonchev–Trinajstić information content (AvgIpc) is 2.53. The maximum absolute atomic E-state index is 11.8. The van der Waals surface area contributed by atoms with Gasteiger partial charge in [0.05, 0.1) is 6.54 Å². The van der Waals surface area contributed by atoms with Crippen molar-refractivity contribution in [3.63, 3.8) is 0 Å². The first-order valence-electron chi connectivity index (χ1n) is 7.69. The van der Waals surface area contributed by atoms with Crippen molar-refractivity contribution in [3.8, 4) is 5.75 Å². The highest BCUT2D eigenvalue weighted by Crippen LogP contribution is 2.21. The Morgan fingerprint density at radius 3 is 2.57 bits per heavy atom. The lowest BCUT2D eigenvalue weighted by Crippen LogP contribution is -2.30. The number of nitrogens with one attached hydrogen (secondary N) is 1. The van der Waals surface area contributed by atoms with Gasteiger partial charge in [0.1, 0.15) is 12.4 Å². The first-order valence-corrected chi connectivity index (χ1v) is 7.69. The van der Waals surface area contributed by atoms with Crippen molar-refractivity contribution < 1.29 is 9.53 Å². The van der Waals surface area contributed by atoms with Crippen LogP contribution >= 0.6 is 0 Å². The van der Waals surface area contributed by atoms with Crippen LogP contribution in [0.25, 0.3) is 0 Å². The van der Waals surface area contributed by atoms with Crippen molar-refractivity contribution in [1.29, 1.82) is 0 Å². The molecule has 0 spiro atoms. The highest BCUT2D eigenvalue weighted by atomic mass is 16.5. The van der Waals surface area contributed by atoms with Crippen LogP contribution in [0.1, 0.15) is 17.5 Å². The van der Waals surface area contributed by atoms with Crippen molar-refractivity contribution >= 4 is 5.91 Å². The van der Waals surface area contributed by atoms with E-state index in [-0.39, 0.29) is 17.9 Å². The fourth-order valence-electron chi connectivity index (χ4n) is 2.33. The molecular formula is C18H22N2O3. The van der Waals surface area contributed by atoms with Gasteiger partial charge in [-0.1, -0.05) is 24.3 Å². The number of hydrogen-bond acceptors (Lipinski definition) is 3. The van der Waals surface area contributed by atoms with Crippen LogP contribution in [0.2, 0.25) is 0 Å². The SMILES string of the molecule is Cc1cccc(C)c1OCCNC(=O)CCn1ccccc1=O. The Morgan fingerprint density at radius 2 is 1.87 bits per heavy atom. The molecule has 2 rings (SSSR count). The molecule has 1 heterocycles. The van der Waals surface area contributed by atoms with E-state index in [0.717, 1.165) is 16.9 Å². The molecule has 0 saturated carbocycles. The topological polar surface area (TPSA) is 60.3 Å². The van der Waals surface area contributed by atoms with Gasteiger partial charge in [-0.25, -0.2) is 0 Å². The average molecular weight is 314 g/mol.